The first-order valence-corrected chi connectivity index (χ1v) is 11.8. The molecule has 0 bridgehead atoms. The standard InChI is InChI=1S/C27H27IN2O2/c1-18(31)30-24-15-14-22(29-25(32)19-10-12-21(28)13-11-19)16-23(24)27(4,17-26(30,2)3)20-8-6-5-7-9-20/h5-16H,17H2,1-4H3,(H,29,32). The molecule has 4 rings (SSSR count). The van der Waals surface area contributed by atoms with Crippen molar-refractivity contribution in [2.45, 2.75) is 45.1 Å². The number of halogens is 1. The zero-order valence-corrected chi connectivity index (χ0v) is 20.9. The van der Waals surface area contributed by atoms with Gasteiger partial charge in [0.2, 0.25) is 5.91 Å². The van der Waals surface area contributed by atoms with Gasteiger partial charge in [-0.15, -0.1) is 0 Å². The van der Waals surface area contributed by atoms with Gasteiger partial charge in [0.05, 0.1) is 0 Å². The van der Waals surface area contributed by atoms with Crippen LogP contribution in [0.15, 0.2) is 72.8 Å². The molecule has 4 nitrogen and oxygen atoms in total. The van der Waals surface area contributed by atoms with Gasteiger partial charge < -0.3 is 10.2 Å². The molecule has 3 aromatic rings. The lowest BCUT2D eigenvalue weighted by molar-refractivity contribution is -0.117. The molecule has 0 saturated heterocycles. The second-order valence-electron chi connectivity index (χ2n) is 9.23. The maximum absolute atomic E-state index is 12.8. The van der Waals surface area contributed by atoms with Gasteiger partial charge in [0, 0.05) is 38.4 Å². The number of rotatable bonds is 3. The molecule has 164 valence electrons. The Morgan fingerprint density at radius 3 is 2.22 bits per heavy atom. The van der Waals surface area contributed by atoms with Crippen molar-refractivity contribution >= 4 is 45.8 Å². The molecule has 0 aromatic heterocycles. The molecule has 32 heavy (non-hydrogen) atoms. The second-order valence-corrected chi connectivity index (χ2v) is 10.5. The third kappa shape index (κ3) is 4.06. The first-order chi connectivity index (χ1) is 15.1. The number of benzene rings is 3. The number of anilines is 2. The summed E-state index contributed by atoms with van der Waals surface area (Å²) in [6, 6.07) is 23.7. The zero-order chi connectivity index (χ0) is 23.1. The number of hydrogen-bond acceptors (Lipinski definition) is 2. The molecule has 1 aliphatic rings. The molecule has 0 fully saturated rings. The van der Waals surface area contributed by atoms with Crippen LogP contribution < -0.4 is 10.2 Å². The van der Waals surface area contributed by atoms with Crippen LogP contribution in [-0.4, -0.2) is 17.4 Å². The van der Waals surface area contributed by atoms with Crippen LogP contribution in [0.1, 0.15) is 55.6 Å². The maximum atomic E-state index is 12.8. The molecule has 5 heteroatoms. The summed E-state index contributed by atoms with van der Waals surface area (Å²) in [5.74, 6) is -0.135. The van der Waals surface area contributed by atoms with E-state index in [2.05, 4.69) is 60.8 Å². The average Bonchev–Trinajstić information content (AvgIpc) is 2.74. The summed E-state index contributed by atoms with van der Waals surface area (Å²) < 4.78 is 1.08. The summed E-state index contributed by atoms with van der Waals surface area (Å²) in [6.45, 7) is 8.07. The molecule has 1 unspecified atom stereocenters. The Morgan fingerprint density at radius 1 is 0.938 bits per heavy atom. The van der Waals surface area contributed by atoms with Crippen molar-refractivity contribution in [2.75, 3.05) is 10.2 Å². The minimum Gasteiger partial charge on any atom is -0.322 e. The number of carbonyl (C=O) groups is 2. The number of hydrogen-bond donors (Lipinski definition) is 1. The lowest BCUT2D eigenvalue weighted by Crippen LogP contribution is -2.55. The number of amides is 2. The third-order valence-electron chi connectivity index (χ3n) is 6.31. The van der Waals surface area contributed by atoms with Crippen LogP contribution in [0.2, 0.25) is 0 Å². The lowest BCUT2D eigenvalue weighted by Gasteiger charge is -2.51. The van der Waals surface area contributed by atoms with Crippen LogP contribution in [0.3, 0.4) is 0 Å². The molecule has 1 heterocycles. The van der Waals surface area contributed by atoms with E-state index in [9.17, 15) is 9.59 Å². The highest BCUT2D eigenvalue weighted by Crippen LogP contribution is 2.51. The third-order valence-corrected chi connectivity index (χ3v) is 7.03. The molecule has 1 N–H and O–H groups in total. The summed E-state index contributed by atoms with van der Waals surface area (Å²) in [6.07, 6.45) is 0.769. The Hall–Kier alpha value is -2.67. The predicted molar refractivity (Wildman–Crippen MR) is 138 cm³/mol. The highest BCUT2D eigenvalue weighted by Gasteiger charge is 2.47. The highest BCUT2D eigenvalue weighted by molar-refractivity contribution is 14.1. The summed E-state index contributed by atoms with van der Waals surface area (Å²) in [7, 11) is 0. The lowest BCUT2D eigenvalue weighted by atomic mass is 9.65. The highest BCUT2D eigenvalue weighted by atomic mass is 127. The molecule has 1 aliphatic heterocycles. The smallest absolute Gasteiger partial charge is 0.255 e. The van der Waals surface area contributed by atoms with Crippen molar-refractivity contribution in [2.24, 2.45) is 0 Å². The van der Waals surface area contributed by atoms with Gasteiger partial charge in [-0.2, -0.15) is 0 Å². The summed E-state index contributed by atoms with van der Waals surface area (Å²) >= 11 is 2.22. The van der Waals surface area contributed by atoms with Gasteiger partial charge in [0.15, 0.2) is 0 Å². The molecule has 0 aliphatic carbocycles. The Bertz CT molecular complexity index is 1170. The molecular formula is C27H27IN2O2. The van der Waals surface area contributed by atoms with Crippen LogP contribution in [0.4, 0.5) is 11.4 Å². The van der Waals surface area contributed by atoms with Crippen LogP contribution in [0.25, 0.3) is 0 Å². The Morgan fingerprint density at radius 2 is 1.59 bits per heavy atom. The van der Waals surface area contributed by atoms with Crippen LogP contribution in [0.5, 0.6) is 0 Å². The largest absolute Gasteiger partial charge is 0.322 e. The fraction of sp³-hybridized carbons (Fsp3) is 0.259. The number of nitrogens with one attached hydrogen (secondary N) is 1. The summed E-state index contributed by atoms with van der Waals surface area (Å²) in [5, 5.41) is 3.04. The molecule has 0 spiro atoms. The van der Waals surface area contributed by atoms with E-state index in [0.29, 0.717) is 5.56 Å². The van der Waals surface area contributed by atoms with Crippen molar-refractivity contribution in [3.05, 3.63) is 93.1 Å². The predicted octanol–water partition coefficient (Wildman–Crippen LogP) is 6.38. The van der Waals surface area contributed by atoms with Gasteiger partial charge in [-0.25, -0.2) is 0 Å². The fourth-order valence-electron chi connectivity index (χ4n) is 5.08. The van der Waals surface area contributed by atoms with E-state index in [1.807, 2.05) is 65.6 Å². The minimum absolute atomic E-state index is 0.0158. The number of fused-ring (bicyclic) bond motifs is 1. The van der Waals surface area contributed by atoms with Crippen molar-refractivity contribution in [1.29, 1.82) is 0 Å². The van der Waals surface area contributed by atoms with E-state index < -0.39 is 0 Å². The van der Waals surface area contributed by atoms with Crippen molar-refractivity contribution < 1.29 is 9.59 Å². The monoisotopic (exact) mass is 538 g/mol. The van der Waals surface area contributed by atoms with Crippen molar-refractivity contribution in [3.63, 3.8) is 0 Å². The zero-order valence-electron chi connectivity index (χ0n) is 18.8. The van der Waals surface area contributed by atoms with Gasteiger partial charge >= 0.3 is 0 Å². The quantitative estimate of drug-likeness (QED) is 0.394. The van der Waals surface area contributed by atoms with E-state index in [-0.39, 0.29) is 22.8 Å². The van der Waals surface area contributed by atoms with Gasteiger partial charge in [0.1, 0.15) is 0 Å². The minimum atomic E-state index is -0.352. The molecule has 1 atom stereocenters. The Balaban J connectivity index is 1.81. The average molecular weight is 538 g/mol. The SMILES string of the molecule is CC(=O)N1c2ccc(NC(=O)c3ccc(I)cc3)cc2C(C)(c2ccccc2)CC1(C)C. The van der Waals surface area contributed by atoms with E-state index in [4.69, 9.17) is 0 Å². The van der Waals surface area contributed by atoms with Crippen molar-refractivity contribution in [3.8, 4) is 0 Å². The topological polar surface area (TPSA) is 49.4 Å². The summed E-state index contributed by atoms with van der Waals surface area (Å²) in [4.78, 5) is 27.4. The Kier molecular flexibility index (Phi) is 5.88. The van der Waals surface area contributed by atoms with E-state index >= 15 is 0 Å². The molecular weight excluding hydrogens is 511 g/mol. The van der Waals surface area contributed by atoms with Gasteiger partial charge in [0.25, 0.3) is 5.91 Å². The van der Waals surface area contributed by atoms with E-state index in [0.717, 1.165) is 26.9 Å². The van der Waals surface area contributed by atoms with Gasteiger partial charge in [-0.3, -0.25) is 9.59 Å². The molecule has 2 amide bonds. The first kappa shape index (κ1) is 22.5. The number of nitrogens with zero attached hydrogens (tertiary/aromatic N) is 1. The van der Waals surface area contributed by atoms with E-state index in [1.165, 1.54) is 5.56 Å². The molecule has 0 radical (unpaired) electrons. The number of carbonyl (C=O) groups excluding carboxylic acids is 2. The second kappa shape index (κ2) is 8.35. The van der Waals surface area contributed by atoms with Gasteiger partial charge in [-0.05, 0) is 96.5 Å². The maximum Gasteiger partial charge on any atom is 0.255 e. The molecule has 3 aromatic carbocycles. The van der Waals surface area contributed by atoms with Crippen LogP contribution >= 0.6 is 22.6 Å². The molecule has 0 saturated carbocycles. The first-order valence-electron chi connectivity index (χ1n) is 10.7. The van der Waals surface area contributed by atoms with Gasteiger partial charge in [-0.1, -0.05) is 37.3 Å². The van der Waals surface area contributed by atoms with Crippen LogP contribution in [0, 0.1) is 3.57 Å². The van der Waals surface area contributed by atoms with Crippen molar-refractivity contribution in [1.82, 2.24) is 0 Å². The van der Waals surface area contributed by atoms with Crippen LogP contribution in [-0.2, 0) is 10.2 Å². The normalized spacial score (nSPS) is 19.2. The summed E-state index contributed by atoms with van der Waals surface area (Å²) in [5.41, 5.74) is 3.80. The Labute approximate surface area is 203 Å². The van der Waals surface area contributed by atoms with E-state index in [1.54, 1.807) is 6.92 Å². The fourth-order valence-corrected chi connectivity index (χ4v) is 5.44.